The maximum atomic E-state index is 11.7. The third-order valence-electron chi connectivity index (χ3n) is 3.63. The topological polar surface area (TPSA) is 84.9 Å². The van der Waals surface area contributed by atoms with Crippen molar-refractivity contribution in [2.45, 2.75) is 31.9 Å². The van der Waals surface area contributed by atoms with Crippen LogP contribution in [0.15, 0.2) is 30.3 Å². The van der Waals surface area contributed by atoms with Crippen molar-refractivity contribution in [2.24, 2.45) is 5.92 Å². The number of hydrogen-bond donors (Lipinski definition) is 2. The second-order valence-corrected chi connectivity index (χ2v) is 5.42. The lowest BCUT2D eigenvalue weighted by Crippen LogP contribution is -2.43. The summed E-state index contributed by atoms with van der Waals surface area (Å²) in [6.07, 6.45) is 1.49. The van der Waals surface area contributed by atoms with Crippen molar-refractivity contribution >= 4 is 12.1 Å². The van der Waals surface area contributed by atoms with Crippen LogP contribution in [-0.2, 0) is 20.9 Å². The van der Waals surface area contributed by atoms with Crippen molar-refractivity contribution in [3.63, 3.8) is 0 Å². The number of aliphatic carboxylic acids is 1. The molecule has 1 saturated heterocycles. The van der Waals surface area contributed by atoms with Crippen LogP contribution >= 0.6 is 0 Å². The predicted molar refractivity (Wildman–Crippen MR) is 79.3 cm³/mol. The third-order valence-corrected chi connectivity index (χ3v) is 3.63. The van der Waals surface area contributed by atoms with Gasteiger partial charge in [0.1, 0.15) is 12.6 Å². The molecule has 1 amide bonds. The largest absolute Gasteiger partial charge is 0.480 e. The molecule has 0 bridgehead atoms. The van der Waals surface area contributed by atoms with Gasteiger partial charge >= 0.3 is 12.1 Å². The Kier molecular flexibility index (Phi) is 6.21. The van der Waals surface area contributed by atoms with E-state index in [0.717, 1.165) is 25.0 Å². The average Bonchev–Trinajstić information content (AvgIpc) is 2.54. The predicted octanol–water partition coefficient (Wildman–Crippen LogP) is 2.18. The maximum Gasteiger partial charge on any atom is 0.408 e. The van der Waals surface area contributed by atoms with Gasteiger partial charge in [-0.1, -0.05) is 30.3 Å². The molecule has 0 radical (unpaired) electrons. The number of nitrogens with one attached hydrogen (secondary N) is 1. The lowest BCUT2D eigenvalue weighted by atomic mass is 9.94. The zero-order chi connectivity index (χ0) is 15.8. The Morgan fingerprint density at radius 1 is 1.36 bits per heavy atom. The number of benzene rings is 1. The first kappa shape index (κ1) is 16.3. The average molecular weight is 307 g/mol. The Labute approximate surface area is 129 Å². The van der Waals surface area contributed by atoms with Crippen LogP contribution in [-0.4, -0.2) is 36.4 Å². The van der Waals surface area contributed by atoms with Gasteiger partial charge in [-0.15, -0.1) is 0 Å². The molecule has 6 nitrogen and oxygen atoms in total. The first-order valence-electron chi connectivity index (χ1n) is 7.43. The second-order valence-electron chi connectivity index (χ2n) is 5.42. The number of carbonyl (C=O) groups is 2. The summed E-state index contributed by atoms with van der Waals surface area (Å²) in [4.78, 5) is 23.0. The zero-order valence-corrected chi connectivity index (χ0v) is 12.4. The summed E-state index contributed by atoms with van der Waals surface area (Å²) in [5.74, 6) is -0.897. The van der Waals surface area contributed by atoms with E-state index in [-0.39, 0.29) is 12.5 Å². The summed E-state index contributed by atoms with van der Waals surface area (Å²) in [7, 11) is 0. The molecule has 1 unspecified atom stereocenters. The van der Waals surface area contributed by atoms with Crippen LogP contribution in [0.25, 0.3) is 0 Å². The van der Waals surface area contributed by atoms with Crippen LogP contribution in [0.2, 0.25) is 0 Å². The molecule has 0 saturated carbocycles. The van der Waals surface area contributed by atoms with Crippen molar-refractivity contribution in [1.82, 2.24) is 5.32 Å². The fraction of sp³-hybridized carbons (Fsp3) is 0.500. The molecule has 1 aliphatic rings. The van der Waals surface area contributed by atoms with E-state index >= 15 is 0 Å². The summed E-state index contributed by atoms with van der Waals surface area (Å²) in [5.41, 5.74) is 0.852. The molecule has 2 N–H and O–H groups in total. The Hall–Kier alpha value is -2.08. The molecule has 1 aliphatic heterocycles. The van der Waals surface area contributed by atoms with Gasteiger partial charge in [0, 0.05) is 13.2 Å². The fourth-order valence-electron chi connectivity index (χ4n) is 2.46. The van der Waals surface area contributed by atoms with Crippen LogP contribution < -0.4 is 5.32 Å². The first-order chi connectivity index (χ1) is 10.6. The molecule has 1 aromatic carbocycles. The van der Waals surface area contributed by atoms with Crippen LogP contribution in [0.3, 0.4) is 0 Å². The summed E-state index contributed by atoms with van der Waals surface area (Å²) in [6, 6.07) is 8.29. The van der Waals surface area contributed by atoms with Crippen molar-refractivity contribution < 1.29 is 24.2 Å². The lowest BCUT2D eigenvalue weighted by Gasteiger charge is -2.25. The van der Waals surface area contributed by atoms with Gasteiger partial charge in [0.2, 0.25) is 0 Å². The van der Waals surface area contributed by atoms with E-state index in [1.54, 1.807) is 0 Å². The Balaban J connectivity index is 1.79. The molecule has 0 aromatic heterocycles. The third kappa shape index (κ3) is 5.37. The number of rotatable bonds is 6. The highest BCUT2D eigenvalue weighted by molar-refractivity contribution is 5.79. The van der Waals surface area contributed by atoms with Gasteiger partial charge in [-0.3, -0.25) is 0 Å². The van der Waals surface area contributed by atoms with Gasteiger partial charge in [-0.2, -0.15) is 0 Å². The van der Waals surface area contributed by atoms with E-state index in [9.17, 15) is 14.7 Å². The highest BCUT2D eigenvalue weighted by Crippen LogP contribution is 2.19. The number of amides is 1. The minimum Gasteiger partial charge on any atom is -0.480 e. The summed E-state index contributed by atoms with van der Waals surface area (Å²) < 4.78 is 10.4. The van der Waals surface area contributed by atoms with E-state index in [2.05, 4.69) is 5.32 Å². The molecular formula is C16H21NO5. The van der Waals surface area contributed by atoms with E-state index in [0.29, 0.717) is 13.0 Å². The summed E-state index contributed by atoms with van der Waals surface area (Å²) in [5, 5.41) is 11.6. The van der Waals surface area contributed by atoms with Gasteiger partial charge in [0.25, 0.3) is 0 Å². The van der Waals surface area contributed by atoms with E-state index in [4.69, 9.17) is 9.47 Å². The normalized spacial score (nSPS) is 19.2. The molecular weight excluding hydrogens is 286 g/mol. The van der Waals surface area contributed by atoms with Crippen LogP contribution in [0.4, 0.5) is 4.79 Å². The quantitative estimate of drug-likeness (QED) is 0.841. The van der Waals surface area contributed by atoms with Gasteiger partial charge in [-0.25, -0.2) is 9.59 Å². The molecule has 2 atom stereocenters. The van der Waals surface area contributed by atoms with Gasteiger partial charge in [0.05, 0.1) is 0 Å². The molecule has 120 valence electrons. The molecule has 22 heavy (non-hydrogen) atoms. The number of carboxylic acid groups (broad SMARTS) is 1. The van der Waals surface area contributed by atoms with E-state index in [1.165, 1.54) is 0 Å². The number of carboxylic acids is 1. The fourth-order valence-corrected chi connectivity index (χ4v) is 2.46. The molecule has 2 rings (SSSR count). The standard InChI is InChI=1S/C16H21NO5/c18-15(19)14(9-13-7-4-8-21-10-13)17-16(20)22-11-12-5-2-1-3-6-12/h1-3,5-6,13-14H,4,7-11H2,(H,17,20)(H,18,19)/t13?,14-/m1/s1. The second kappa shape index (κ2) is 8.38. The maximum absolute atomic E-state index is 11.7. The number of carbonyl (C=O) groups excluding carboxylic acids is 1. The molecule has 1 heterocycles. The lowest BCUT2D eigenvalue weighted by molar-refractivity contribution is -0.140. The van der Waals surface area contributed by atoms with Crippen LogP contribution in [0.1, 0.15) is 24.8 Å². The van der Waals surface area contributed by atoms with Gasteiger partial charge < -0.3 is 19.9 Å². The van der Waals surface area contributed by atoms with Crippen molar-refractivity contribution in [3.05, 3.63) is 35.9 Å². The van der Waals surface area contributed by atoms with Crippen molar-refractivity contribution in [3.8, 4) is 0 Å². The highest BCUT2D eigenvalue weighted by atomic mass is 16.5. The van der Waals surface area contributed by atoms with Crippen molar-refractivity contribution in [1.29, 1.82) is 0 Å². The number of hydrogen-bond acceptors (Lipinski definition) is 4. The van der Waals surface area contributed by atoms with Gasteiger partial charge in [-0.05, 0) is 30.7 Å². The van der Waals surface area contributed by atoms with Gasteiger partial charge in [0.15, 0.2) is 0 Å². The summed E-state index contributed by atoms with van der Waals surface area (Å²) >= 11 is 0. The first-order valence-corrected chi connectivity index (χ1v) is 7.43. The molecule has 6 heteroatoms. The van der Waals surface area contributed by atoms with Crippen LogP contribution in [0.5, 0.6) is 0 Å². The zero-order valence-electron chi connectivity index (χ0n) is 12.4. The molecule has 0 spiro atoms. The SMILES string of the molecule is O=C(N[C@H](CC1CCCOC1)C(=O)O)OCc1ccccc1. The Bertz CT molecular complexity index is 485. The van der Waals surface area contributed by atoms with Crippen molar-refractivity contribution in [2.75, 3.05) is 13.2 Å². The van der Waals surface area contributed by atoms with E-state index < -0.39 is 18.1 Å². The molecule has 1 aromatic rings. The number of alkyl carbamates (subject to hydrolysis) is 1. The Morgan fingerprint density at radius 3 is 2.77 bits per heavy atom. The number of ether oxygens (including phenoxy) is 2. The van der Waals surface area contributed by atoms with E-state index in [1.807, 2.05) is 30.3 Å². The minimum absolute atomic E-state index is 0.117. The molecule has 1 fully saturated rings. The Morgan fingerprint density at radius 2 is 2.14 bits per heavy atom. The highest BCUT2D eigenvalue weighted by Gasteiger charge is 2.26. The monoisotopic (exact) mass is 307 g/mol. The smallest absolute Gasteiger partial charge is 0.408 e. The summed E-state index contributed by atoms with van der Waals surface area (Å²) in [6.45, 7) is 1.39. The minimum atomic E-state index is -1.05. The molecule has 0 aliphatic carbocycles. The van der Waals surface area contributed by atoms with Crippen LogP contribution in [0, 0.1) is 5.92 Å².